The van der Waals surface area contributed by atoms with Crippen molar-refractivity contribution in [2.24, 2.45) is 4.99 Å². The van der Waals surface area contributed by atoms with Crippen LogP contribution >= 0.6 is 11.3 Å². The number of thiazole rings is 1. The lowest BCUT2D eigenvalue weighted by molar-refractivity contribution is -0.113. The molecule has 8 heteroatoms. The van der Waals surface area contributed by atoms with Crippen LogP contribution in [0.15, 0.2) is 92.6 Å². The van der Waals surface area contributed by atoms with Crippen molar-refractivity contribution in [3.8, 4) is 5.75 Å². The number of anilines is 1. The Balaban J connectivity index is 1.68. The molecule has 1 aliphatic rings. The zero-order chi connectivity index (χ0) is 24.5. The quantitative estimate of drug-likeness (QED) is 0.466. The van der Waals surface area contributed by atoms with Gasteiger partial charge in [-0.2, -0.15) is 0 Å². The van der Waals surface area contributed by atoms with E-state index in [1.807, 2.05) is 55.5 Å². The molecule has 0 spiro atoms. The van der Waals surface area contributed by atoms with Crippen LogP contribution in [0.5, 0.6) is 5.75 Å². The predicted molar refractivity (Wildman–Crippen MR) is 135 cm³/mol. The van der Waals surface area contributed by atoms with Gasteiger partial charge < -0.3 is 14.5 Å². The van der Waals surface area contributed by atoms with Crippen LogP contribution in [0.2, 0.25) is 0 Å². The highest BCUT2D eigenvalue weighted by atomic mass is 32.1. The topological polar surface area (TPSA) is 85.8 Å². The third-order valence-corrected chi connectivity index (χ3v) is 6.92. The number of amides is 1. The summed E-state index contributed by atoms with van der Waals surface area (Å²) in [5.41, 5.74) is 3.98. The van der Waals surface area contributed by atoms with E-state index in [1.54, 1.807) is 43.3 Å². The van der Waals surface area contributed by atoms with Gasteiger partial charge in [0.05, 0.1) is 41.5 Å². The van der Waals surface area contributed by atoms with Crippen LogP contribution in [0.25, 0.3) is 6.08 Å². The molecule has 0 aliphatic carbocycles. The Morgan fingerprint density at radius 2 is 1.91 bits per heavy atom. The molecule has 0 radical (unpaired) electrons. The van der Waals surface area contributed by atoms with Crippen molar-refractivity contribution in [3.05, 3.63) is 115 Å². The van der Waals surface area contributed by atoms with Gasteiger partial charge in [0.2, 0.25) is 0 Å². The number of fused-ring (bicyclic) bond motifs is 1. The fourth-order valence-corrected chi connectivity index (χ4v) is 5.17. The second kappa shape index (κ2) is 9.23. The summed E-state index contributed by atoms with van der Waals surface area (Å²) in [6.07, 6.45) is 4.90. The SMILES string of the molecule is COc1ccc([C@@H]2C(C(=O)Nc3ccccc3C)=C(C)N=c3s/c(=C/c4ccoc4)c(=O)n32)cc1. The third kappa shape index (κ3) is 4.24. The maximum atomic E-state index is 13.6. The fourth-order valence-electron chi connectivity index (χ4n) is 4.12. The number of hydrogen-bond acceptors (Lipinski definition) is 6. The van der Waals surface area contributed by atoms with Gasteiger partial charge in [-0.05, 0) is 55.3 Å². The molecule has 0 fully saturated rings. The summed E-state index contributed by atoms with van der Waals surface area (Å²) in [5, 5.41) is 3.01. The minimum absolute atomic E-state index is 0.218. The van der Waals surface area contributed by atoms with Crippen molar-refractivity contribution in [2.45, 2.75) is 19.9 Å². The number of hydrogen-bond donors (Lipinski definition) is 1. The van der Waals surface area contributed by atoms with Crippen LogP contribution in [0, 0.1) is 6.92 Å². The normalized spacial score (nSPS) is 15.5. The Labute approximate surface area is 205 Å². The summed E-state index contributed by atoms with van der Waals surface area (Å²) in [7, 11) is 1.60. The van der Waals surface area contributed by atoms with Gasteiger partial charge in [-0.15, -0.1) is 0 Å². The highest BCUT2D eigenvalue weighted by molar-refractivity contribution is 7.07. The first-order valence-electron chi connectivity index (χ1n) is 11.0. The number of nitrogens with one attached hydrogen (secondary N) is 1. The number of aryl methyl sites for hydroxylation is 1. The van der Waals surface area contributed by atoms with Gasteiger partial charge in [0.1, 0.15) is 5.75 Å². The standard InChI is InChI=1S/C27H23N3O4S/c1-16-6-4-5-7-21(16)29-25(31)23-17(2)28-27-30(24(23)19-8-10-20(33-3)11-9-19)26(32)22(35-27)14-18-12-13-34-15-18/h4-15,24H,1-3H3,(H,29,31)/b22-14+/t24-/m1/s1. The average molecular weight is 486 g/mol. The fraction of sp³-hybridized carbons (Fsp3) is 0.148. The summed E-state index contributed by atoms with van der Waals surface area (Å²) in [6, 6.07) is 16.1. The molecule has 0 bridgehead atoms. The predicted octanol–water partition coefficient (Wildman–Crippen LogP) is 3.78. The molecule has 176 valence electrons. The van der Waals surface area contributed by atoms with E-state index in [4.69, 9.17) is 9.15 Å². The highest BCUT2D eigenvalue weighted by Crippen LogP contribution is 2.32. The number of allylic oxidation sites excluding steroid dienone is 1. The van der Waals surface area contributed by atoms with Gasteiger partial charge >= 0.3 is 0 Å². The minimum atomic E-state index is -0.646. The van der Waals surface area contributed by atoms with Crippen molar-refractivity contribution >= 4 is 29.0 Å². The highest BCUT2D eigenvalue weighted by Gasteiger charge is 2.32. The van der Waals surface area contributed by atoms with Crippen LogP contribution in [0.3, 0.4) is 0 Å². The number of rotatable bonds is 5. The van der Waals surface area contributed by atoms with E-state index in [0.29, 0.717) is 32.0 Å². The van der Waals surface area contributed by atoms with Crippen LogP contribution in [-0.4, -0.2) is 17.6 Å². The molecule has 1 aliphatic heterocycles. The summed E-state index contributed by atoms with van der Waals surface area (Å²) < 4.78 is 12.6. The Kier molecular flexibility index (Phi) is 5.96. The largest absolute Gasteiger partial charge is 0.497 e. The van der Waals surface area contributed by atoms with E-state index in [2.05, 4.69) is 10.3 Å². The molecule has 3 heterocycles. The molecule has 7 nitrogen and oxygen atoms in total. The molecule has 5 rings (SSSR count). The smallest absolute Gasteiger partial charge is 0.271 e. The number of nitrogens with zero attached hydrogens (tertiary/aromatic N) is 2. The average Bonchev–Trinajstić information content (AvgIpc) is 3.48. The van der Waals surface area contributed by atoms with E-state index in [-0.39, 0.29) is 11.5 Å². The summed E-state index contributed by atoms with van der Waals surface area (Å²) >= 11 is 1.29. The molecule has 0 saturated heterocycles. The van der Waals surface area contributed by atoms with Crippen molar-refractivity contribution < 1.29 is 13.9 Å². The zero-order valence-corrected chi connectivity index (χ0v) is 20.3. The lowest BCUT2D eigenvalue weighted by Gasteiger charge is -2.25. The van der Waals surface area contributed by atoms with Gasteiger partial charge in [-0.25, -0.2) is 4.99 Å². The van der Waals surface area contributed by atoms with E-state index in [9.17, 15) is 9.59 Å². The molecule has 1 amide bonds. The molecule has 1 N–H and O–H groups in total. The van der Waals surface area contributed by atoms with Crippen molar-refractivity contribution in [1.29, 1.82) is 0 Å². The summed E-state index contributed by atoms with van der Waals surface area (Å²) in [5.74, 6) is 0.387. The van der Waals surface area contributed by atoms with E-state index in [1.165, 1.54) is 11.3 Å². The molecular formula is C27H23N3O4S. The maximum Gasteiger partial charge on any atom is 0.271 e. The number of para-hydroxylation sites is 1. The van der Waals surface area contributed by atoms with Gasteiger partial charge in [-0.1, -0.05) is 41.7 Å². The monoisotopic (exact) mass is 485 g/mol. The van der Waals surface area contributed by atoms with Crippen molar-refractivity contribution in [2.75, 3.05) is 12.4 Å². The Morgan fingerprint density at radius 1 is 1.14 bits per heavy atom. The maximum absolute atomic E-state index is 13.6. The van der Waals surface area contributed by atoms with E-state index in [0.717, 1.165) is 16.7 Å². The number of carbonyl (C=O) groups is 1. The molecule has 2 aromatic carbocycles. The van der Waals surface area contributed by atoms with Crippen LogP contribution in [-0.2, 0) is 4.79 Å². The minimum Gasteiger partial charge on any atom is -0.497 e. The number of aromatic nitrogens is 1. The van der Waals surface area contributed by atoms with Gasteiger partial charge in [-0.3, -0.25) is 14.2 Å². The first kappa shape index (κ1) is 22.6. The van der Waals surface area contributed by atoms with E-state index >= 15 is 0 Å². The van der Waals surface area contributed by atoms with Gasteiger partial charge in [0.25, 0.3) is 11.5 Å². The second-order valence-corrected chi connectivity index (χ2v) is 9.19. The first-order valence-corrected chi connectivity index (χ1v) is 11.8. The van der Waals surface area contributed by atoms with Crippen LogP contribution in [0.4, 0.5) is 5.69 Å². The van der Waals surface area contributed by atoms with E-state index < -0.39 is 6.04 Å². The molecule has 2 aromatic heterocycles. The van der Waals surface area contributed by atoms with Gasteiger partial charge in [0.15, 0.2) is 4.80 Å². The summed E-state index contributed by atoms with van der Waals surface area (Å²) in [6.45, 7) is 3.74. The van der Waals surface area contributed by atoms with Crippen LogP contribution in [0.1, 0.15) is 29.7 Å². The Hall–Kier alpha value is -4.17. The number of furan rings is 1. The molecule has 4 aromatic rings. The number of ether oxygens (including phenoxy) is 1. The molecule has 1 atom stereocenters. The Morgan fingerprint density at radius 3 is 2.60 bits per heavy atom. The van der Waals surface area contributed by atoms with Crippen molar-refractivity contribution in [3.63, 3.8) is 0 Å². The van der Waals surface area contributed by atoms with Crippen LogP contribution < -0.4 is 24.9 Å². The van der Waals surface area contributed by atoms with Crippen molar-refractivity contribution in [1.82, 2.24) is 4.57 Å². The molecular weight excluding hydrogens is 462 g/mol. The van der Waals surface area contributed by atoms with Gasteiger partial charge in [0, 0.05) is 11.3 Å². The third-order valence-electron chi connectivity index (χ3n) is 5.93. The zero-order valence-electron chi connectivity index (χ0n) is 19.4. The number of methoxy groups -OCH3 is 1. The lowest BCUT2D eigenvalue weighted by atomic mass is 9.95. The number of benzene rings is 2. The molecule has 0 unspecified atom stereocenters. The first-order chi connectivity index (χ1) is 17.0. The summed E-state index contributed by atoms with van der Waals surface area (Å²) in [4.78, 5) is 32.4. The second-order valence-electron chi connectivity index (χ2n) is 8.18. The molecule has 35 heavy (non-hydrogen) atoms. The molecule has 0 saturated carbocycles. The number of carbonyl (C=O) groups excluding carboxylic acids is 1. The Bertz CT molecular complexity index is 1610. The lowest BCUT2D eigenvalue weighted by Crippen LogP contribution is -2.40.